The number of ether oxygens (including phenoxy) is 8. The van der Waals surface area contributed by atoms with Gasteiger partial charge in [0.1, 0.15) is 6.61 Å². The summed E-state index contributed by atoms with van der Waals surface area (Å²) in [6, 6.07) is 6.75. The van der Waals surface area contributed by atoms with Crippen molar-refractivity contribution in [2.45, 2.75) is 111 Å². The van der Waals surface area contributed by atoms with E-state index < -0.39 is 181 Å². The lowest BCUT2D eigenvalue weighted by Crippen LogP contribution is -2.50. The van der Waals surface area contributed by atoms with Crippen LogP contribution < -0.4 is 15.5 Å². The molecule has 3 rings (SSSR count). The van der Waals surface area contributed by atoms with Crippen LogP contribution in [0.4, 0.5) is 5.69 Å². The van der Waals surface area contributed by atoms with Gasteiger partial charge in [0.25, 0.3) is 5.91 Å². The van der Waals surface area contributed by atoms with Gasteiger partial charge in [-0.3, -0.25) is 57.6 Å². The highest BCUT2D eigenvalue weighted by atomic mass is 16.6. The highest BCUT2D eigenvalue weighted by Crippen LogP contribution is 2.42. The third kappa shape index (κ3) is 18.4. The van der Waals surface area contributed by atoms with Gasteiger partial charge in [-0.05, 0) is 75.1 Å². The summed E-state index contributed by atoms with van der Waals surface area (Å²) in [7, 11) is 9.54. The van der Waals surface area contributed by atoms with E-state index >= 15 is 0 Å². The van der Waals surface area contributed by atoms with Crippen molar-refractivity contribution in [1.29, 1.82) is 0 Å². The van der Waals surface area contributed by atoms with Crippen molar-refractivity contribution in [2.75, 3.05) is 87.4 Å². The molecule has 2 aliphatic rings. The molecule has 26 nitrogen and oxygen atoms in total. The van der Waals surface area contributed by atoms with E-state index in [2.05, 4.69) is 10.6 Å². The standard InChI is InChI=1S/C58H88N4O22/c1-15-38(77-10)46(57(75)83-22-21-59-48(63)32-17-19-33(20-18-32)61(8)9)36(53(69)70)26-41(80-13)45-34(50(65)62(51(45)66)28-30(5)6)23-40(79-12)44(49(64)60-27-29(3)4)35(52(67)68)24-42(81-14)47(56(74)82-16-2)37(54(71)72)25-39(78-11)43-31(7)55(73)84-58(43)76/h17-20,29-31,34-47H,15-16,21-28H2,1-14H3,(H,59,63)(H,60,64)(H,67,68)(H,69,70)(H,71,72). The Morgan fingerprint density at radius 1 is 0.631 bits per heavy atom. The van der Waals surface area contributed by atoms with E-state index in [1.807, 2.05) is 19.0 Å². The van der Waals surface area contributed by atoms with Crippen LogP contribution in [0.15, 0.2) is 24.3 Å². The number of carboxylic acids is 3. The summed E-state index contributed by atoms with van der Waals surface area (Å²) in [5, 5.41) is 38.3. The van der Waals surface area contributed by atoms with Gasteiger partial charge in [0, 0.05) is 74.0 Å². The molecule has 0 aliphatic carbocycles. The second-order valence-electron chi connectivity index (χ2n) is 22.3. The molecule has 0 saturated carbocycles. The summed E-state index contributed by atoms with van der Waals surface area (Å²) >= 11 is 0. The zero-order chi connectivity index (χ0) is 63.4. The number of carbonyl (C=O) groups is 11. The average molecular weight is 1190 g/mol. The average Bonchev–Trinajstić information content (AvgIpc) is 3.85. The number of hydrogen-bond donors (Lipinski definition) is 5. The molecule has 2 saturated heterocycles. The molecule has 1 aromatic rings. The summed E-state index contributed by atoms with van der Waals surface area (Å²) in [4.78, 5) is 154. The third-order valence-corrected chi connectivity index (χ3v) is 15.7. The van der Waals surface area contributed by atoms with Gasteiger partial charge in [0.2, 0.25) is 17.7 Å². The Morgan fingerprint density at radius 2 is 1.14 bits per heavy atom. The molecule has 2 heterocycles. The van der Waals surface area contributed by atoms with Crippen LogP contribution in [-0.2, 0) is 85.8 Å². The molecule has 0 aromatic heterocycles. The number of carbonyl (C=O) groups excluding carboxylic acids is 8. The van der Waals surface area contributed by atoms with E-state index in [1.54, 1.807) is 58.9 Å². The monoisotopic (exact) mass is 1190 g/mol. The molecule has 0 bridgehead atoms. The summed E-state index contributed by atoms with van der Waals surface area (Å²) in [6.45, 7) is 10.6. The summed E-state index contributed by atoms with van der Waals surface area (Å²) in [5.74, 6) is -28.3. The van der Waals surface area contributed by atoms with E-state index in [0.717, 1.165) is 31.9 Å². The minimum Gasteiger partial charge on any atom is -0.481 e. The first kappa shape index (κ1) is 71.7. The number of benzene rings is 1. The van der Waals surface area contributed by atoms with E-state index in [0.29, 0.717) is 5.56 Å². The van der Waals surface area contributed by atoms with Crippen LogP contribution in [0.5, 0.6) is 0 Å². The molecule has 0 spiro atoms. The number of amides is 4. The number of methoxy groups -OCH3 is 5. The Bertz CT molecular complexity index is 2430. The number of cyclic esters (lactones) is 2. The normalized spacial score (nSPS) is 21.1. The van der Waals surface area contributed by atoms with Crippen LogP contribution in [0.3, 0.4) is 0 Å². The van der Waals surface area contributed by atoms with Gasteiger partial charge in [-0.25, -0.2) is 0 Å². The number of nitrogens with zero attached hydrogens (tertiary/aromatic N) is 2. The van der Waals surface area contributed by atoms with Crippen molar-refractivity contribution in [3.8, 4) is 0 Å². The van der Waals surface area contributed by atoms with E-state index in [-0.39, 0.29) is 51.1 Å². The molecule has 15 atom stereocenters. The lowest BCUT2D eigenvalue weighted by atomic mass is 9.73. The van der Waals surface area contributed by atoms with Gasteiger partial charge >= 0.3 is 41.8 Å². The lowest BCUT2D eigenvalue weighted by Gasteiger charge is -2.37. The fourth-order valence-corrected chi connectivity index (χ4v) is 11.3. The van der Waals surface area contributed by atoms with Crippen molar-refractivity contribution < 1.29 is 106 Å². The van der Waals surface area contributed by atoms with Gasteiger partial charge in [-0.15, -0.1) is 0 Å². The van der Waals surface area contributed by atoms with Crippen LogP contribution in [-0.4, -0.2) is 199 Å². The molecule has 5 N–H and O–H groups in total. The number of nitrogens with one attached hydrogen (secondary N) is 2. The van der Waals surface area contributed by atoms with Crippen molar-refractivity contribution in [1.82, 2.24) is 15.5 Å². The Kier molecular flexibility index (Phi) is 28.8. The zero-order valence-electron chi connectivity index (χ0n) is 50.7. The molecule has 2 fully saturated rings. The first-order valence-corrected chi connectivity index (χ1v) is 28.2. The Balaban J connectivity index is 2.16. The summed E-state index contributed by atoms with van der Waals surface area (Å²) in [6.07, 6.45) is -9.60. The first-order valence-electron chi connectivity index (χ1n) is 28.2. The Labute approximate surface area is 490 Å². The molecular formula is C58H88N4O22. The van der Waals surface area contributed by atoms with E-state index in [4.69, 9.17) is 37.9 Å². The number of imide groups is 1. The topological polar surface area (TPSA) is 353 Å². The van der Waals surface area contributed by atoms with E-state index in [1.165, 1.54) is 28.1 Å². The maximum absolute atomic E-state index is 14.8. The zero-order valence-corrected chi connectivity index (χ0v) is 50.7. The molecule has 0 radical (unpaired) electrons. The third-order valence-electron chi connectivity index (χ3n) is 15.7. The predicted molar refractivity (Wildman–Crippen MR) is 297 cm³/mol. The highest BCUT2D eigenvalue weighted by Gasteiger charge is 2.56. The molecule has 2 aliphatic heterocycles. The molecule has 1 aromatic carbocycles. The minimum atomic E-state index is -1.93. The maximum Gasteiger partial charge on any atom is 0.320 e. The van der Waals surface area contributed by atoms with Gasteiger partial charge in [-0.1, -0.05) is 41.5 Å². The maximum atomic E-state index is 14.8. The lowest BCUT2D eigenvalue weighted by molar-refractivity contribution is -0.169. The number of hydrogen-bond acceptors (Lipinski definition) is 20. The van der Waals surface area contributed by atoms with Crippen LogP contribution in [0.2, 0.25) is 0 Å². The number of esters is 4. The molecule has 472 valence electrons. The van der Waals surface area contributed by atoms with Gasteiger partial charge < -0.3 is 68.7 Å². The van der Waals surface area contributed by atoms with Gasteiger partial charge in [0.15, 0.2) is 0 Å². The predicted octanol–water partition coefficient (Wildman–Crippen LogP) is 2.95. The number of aliphatic carboxylic acids is 3. The van der Waals surface area contributed by atoms with Crippen molar-refractivity contribution in [3.63, 3.8) is 0 Å². The number of rotatable bonds is 38. The second-order valence-corrected chi connectivity index (χ2v) is 22.3. The number of likely N-dealkylation sites (tertiary alicyclic amines) is 1. The summed E-state index contributed by atoms with van der Waals surface area (Å²) in [5.41, 5.74) is 1.20. The Hall–Kier alpha value is -6.61. The number of anilines is 1. The first-order chi connectivity index (χ1) is 39.6. The summed E-state index contributed by atoms with van der Waals surface area (Å²) < 4.78 is 44.6. The fourth-order valence-electron chi connectivity index (χ4n) is 11.3. The van der Waals surface area contributed by atoms with Crippen LogP contribution >= 0.6 is 0 Å². The smallest absolute Gasteiger partial charge is 0.320 e. The van der Waals surface area contributed by atoms with Crippen molar-refractivity contribution >= 4 is 71.1 Å². The molecule has 15 unspecified atom stereocenters. The second kappa shape index (κ2) is 33.8. The molecule has 4 amide bonds. The van der Waals surface area contributed by atoms with Crippen molar-refractivity contribution in [3.05, 3.63) is 29.8 Å². The quantitative estimate of drug-likeness (QED) is 0.0209. The molecule has 84 heavy (non-hydrogen) atoms. The van der Waals surface area contributed by atoms with E-state index in [9.17, 15) is 68.1 Å². The SMILES string of the molecule is CCOC(=O)C(C(CC(C(=O)O)C(C(=O)NCC(C)C)C(CC1C(=O)N(CC(C)C)C(=O)C1C(CC(C(=O)O)C(C(=O)OCCNC(=O)c1ccc(N(C)C)cc1)C(CC)OC)OC)OC)OC)C(CC(OC)C1C(=O)OC(=O)C1C)C(=O)O. The van der Waals surface area contributed by atoms with Crippen LogP contribution in [0.25, 0.3) is 0 Å². The minimum absolute atomic E-state index is 0.000603. The van der Waals surface area contributed by atoms with Gasteiger partial charge in [0.05, 0.1) is 103 Å². The molecule has 26 heteroatoms. The number of carboxylic acid groups (broad SMARTS) is 3. The van der Waals surface area contributed by atoms with Gasteiger partial charge in [-0.2, -0.15) is 0 Å². The van der Waals surface area contributed by atoms with Crippen molar-refractivity contribution in [2.24, 2.45) is 71.0 Å². The fraction of sp³-hybridized carbons (Fsp3) is 0.707. The van der Waals surface area contributed by atoms with Crippen LogP contribution in [0, 0.1) is 71.0 Å². The largest absolute Gasteiger partial charge is 0.481 e. The highest BCUT2D eigenvalue weighted by molar-refractivity contribution is 6.05. The molecular weight excluding hydrogens is 1100 g/mol. The Morgan fingerprint density at radius 3 is 1.58 bits per heavy atom. The van der Waals surface area contributed by atoms with Crippen LogP contribution in [0.1, 0.15) is 90.9 Å².